The molecular weight excluding hydrogens is 381 g/mol. The van der Waals surface area contributed by atoms with Crippen molar-refractivity contribution >= 4 is 23.9 Å². The highest BCUT2D eigenvalue weighted by Gasteiger charge is 2.45. The van der Waals surface area contributed by atoms with Crippen LogP contribution in [-0.2, 0) is 19.6 Å². The maximum Gasteiger partial charge on any atom is 0.331 e. The van der Waals surface area contributed by atoms with Gasteiger partial charge in [-0.1, -0.05) is 66.7 Å². The third-order valence-corrected chi connectivity index (χ3v) is 8.05. The number of ether oxygens (including phenoxy) is 1. The Morgan fingerprint density at radius 1 is 0.828 bits per heavy atom. The van der Waals surface area contributed by atoms with Gasteiger partial charge < -0.3 is 4.74 Å². The zero-order chi connectivity index (χ0) is 20.3. The van der Waals surface area contributed by atoms with Gasteiger partial charge >= 0.3 is 5.97 Å². The van der Waals surface area contributed by atoms with E-state index >= 15 is 0 Å². The normalized spacial score (nSPS) is 18.2. The molecule has 1 N–H and O–H groups in total. The quantitative estimate of drug-likeness (QED) is 0.501. The lowest BCUT2D eigenvalue weighted by Crippen LogP contribution is -2.50. The molecule has 0 aliphatic carbocycles. The standard InChI is InChI=1S/C24H22NO3P/c1-24(19-11-5-2-6-12-19,22-17-18-23(26)28-22)25-29(27,20-13-7-3-8-14-20)21-15-9-4-10-16-21/h2-18,22H,1H3,(H,25,27)/t22-,24+/m1/s1. The molecule has 0 saturated carbocycles. The van der Waals surface area contributed by atoms with Crippen LogP contribution < -0.4 is 15.7 Å². The van der Waals surface area contributed by atoms with E-state index in [2.05, 4.69) is 5.09 Å². The summed E-state index contributed by atoms with van der Waals surface area (Å²) < 4.78 is 20.1. The molecule has 0 unspecified atom stereocenters. The minimum atomic E-state index is -3.26. The van der Waals surface area contributed by atoms with Crippen LogP contribution in [0.4, 0.5) is 0 Å². The van der Waals surface area contributed by atoms with E-state index in [-0.39, 0.29) is 0 Å². The Bertz CT molecular complexity index is 1020. The molecule has 5 heteroatoms. The molecule has 0 spiro atoms. The number of hydrogen-bond acceptors (Lipinski definition) is 3. The zero-order valence-electron chi connectivity index (χ0n) is 16.1. The van der Waals surface area contributed by atoms with E-state index in [0.717, 1.165) is 5.56 Å². The Kier molecular flexibility index (Phi) is 5.23. The van der Waals surface area contributed by atoms with Crippen molar-refractivity contribution in [1.29, 1.82) is 0 Å². The topological polar surface area (TPSA) is 55.4 Å². The van der Waals surface area contributed by atoms with Gasteiger partial charge in [-0.05, 0) is 42.8 Å². The highest BCUT2D eigenvalue weighted by Crippen LogP contribution is 2.45. The summed E-state index contributed by atoms with van der Waals surface area (Å²) in [4.78, 5) is 11.8. The van der Waals surface area contributed by atoms with E-state index in [0.29, 0.717) is 10.6 Å². The second-order valence-electron chi connectivity index (χ2n) is 7.18. The molecule has 4 nitrogen and oxygen atoms in total. The van der Waals surface area contributed by atoms with Crippen molar-refractivity contribution in [2.24, 2.45) is 0 Å². The summed E-state index contributed by atoms with van der Waals surface area (Å²) in [6.45, 7) is 1.93. The molecule has 0 fully saturated rings. The SMILES string of the molecule is C[C@](NP(=O)(c1ccccc1)c1ccccc1)(c1ccccc1)[C@H]1C=CC(=O)O1. The third-order valence-electron chi connectivity index (χ3n) is 5.22. The van der Waals surface area contributed by atoms with Crippen LogP contribution in [0.25, 0.3) is 0 Å². The van der Waals surface area contributed by atoms with Crippen molar-refractivity contribution in [2.45, 2.75) is 18.6 Å². The van der Waals surface area contributed by atoms with Crippen molar-refractivity contribution in [1.82, 2.24) is 5.09 Å². The van der Waals surface area contributed by atoms with Crippen LogP contribution in [0.2, 0.25) is 0 Å². The Morgan fingerprint density at radius 2 is 1.31 bits per heavy atom. The molecule has 0 saturated heterocycles. The second-order valence-corrected chi connectivity index (χ2v) is 9.65. The van der Waals surface area contributed by atoms with Crippen molar-refractivity contribution < 1.29 is 14.1 Å². The zero-order valence-corrected chi connectivity index (χ0v) is 17.0. The van der Waals surface area contributed by atoms with Crippen LogP contribution in [0.15, 0.2) is 103 Å². The lowest BCUT2D eigenvalue weighted by Gasteiger charge is -2.39. The molecule has 0 aromatic heterocycles. The van der Waals surface area contributed by atoms with E-state index in [4.69, 9.17) is 4.74 Å². The number of rotatable bonds is 6. The summed E-state index contributed by atoms with van der Waals surface area (Å²) in [6.07, 6.45) is 2.56. The van der Waals surface area contributed by atoms with Crippen molar-refractivity contribution in [3.63, 3.8) is 0 Å². The molecule has 0 bridgehead atoms. The van der Waals surface area contributed by atoms with Gasteiger partial charge in [0.25, 0.3) is 0 Å². The van der Waals surface area contributed by atoms with Crippen LogP contribution >= 0.6 is 7.29 Å². The van der Waals surface area contributed by atoms with E-state index in [1.807, 2.05) is 97.9 Å². The van der Waals surface area contributed by atoms with Crippen molar-refractivity contribution in [3.8, 4) is 0 Å². The molecule has 2 atom stereocenters. The second kappa shape index (κ2) is 7.82. The number of cyclic esters (lactones) is 1. The van der Waals surface area contributed by atoms with Gasteiger partial charge in [-0.25, -0.2) is 9.88 Å². The predicted octanol–water partition coefficient (Wildman–Crippen LogP) is 3.90. The number of hydrogen-bond donors (Lipinski definition) is 1. The van der Waals surface area contributed by atoms with Crippen molar-refractivity contribution in [3.05, 3.63) is 109 Å². The third kappa shape index (κ3) is 3.69. The molecule has 0 amide bonds. The summed E-state index contributed by atoms with van der Waals surface area (Å²) in [7, 11) is -3.26. The Hall–Kier alpha value is -2.94. The van der Waals surface area contributed by atoms with Gasteiger partial charge in [0.05, 0.1) is 5.54 Å². The molecule has 0 radical (unpaired) electrons. The maximum atomic E-state index is 14.6. The number of carbonyl (C=O) groups excluding carboxylic acids is 1. The minimum Gasteiger partial charge on any atom is -0.453 e. The molecule has 29 heavy (non-hydrogen) atoms. The average Bonchev–Trinajstić information content (AvgIpc) is 3.22. The van der Waals surface area contributed by atoms with Crippen LogP contribution in [0.3, 0.4) is 0 Å². The van der Waals surface area contributed by atoms with Gasteiger partial charge in [-0.3, -0.25) is 4.57 Å². The fraction of sp³-hybridized carbons (Fsp3) is 0.125. The van der Waals surface area contributed by atoms with Gasteiger partial charge in [0.2, 0.25) is 7.29 Å². The van der Waals surface area contributed by atoms with Crippen molar-refractivity contribution in [2.75, 3.05) is 0 Å². The molecule has 1 aliphatic heterocycles. The van der Waals surface area contributed by atoms with Gasteiger partial charge in [-0.15, -0.1) is 0 Å². The number of nitrogens with one attached hydrogen (secondary N) is 1. The fourth-order valence-corrected chi connectivity index (χ4v) is 6.29. The smallest absolute Gasteiger partial charge is 0.331 e. The van der Waals surface area contributed by atoms with E-state index in [1.165, 1.54) is 6.08 Å². The molecule has 146 valence electrons. The Morgan fingerprint density at radius 3 is 1.76 bits per heavy atom. The van der Waals surface area contributed by atoms with E-state index < -0.39 is 24.9 Å². The Labute approximate surface area is 170 Å². The number of benzene rings is 3. The highest BCUT2D eigenvalue weighted by molar-refractivity contribution is 7.77. The summed E-state index contributed by atoms with van der Waals surface area (Å²) in [5, 5.41) is 4.84. The minimum absolute atomic E-state index is 0.395. The molecule has 1 aliphatic rings. The van der Waals surface area contributed by atoms with Gasteiger partial charge in [0.15, 0.2) is 0 Å². The van der Waals surface area contributed by atoms with Gasteiger partial charge in [0.1, 0.15) is 6.10 Å². The van der Waals surface area contributed by atoms with Crippen LogP contribution in [0, 0.1) is 0 Å². The number of carbonyl (C=O) groups is 1. The van der Waals surface area contributed by atoms with Gasteiger partial charge in [0, 0.05) is 16.7 Å². The molecule has 3 aromatic carbocycles. The first-order chi connectivity index (χ1) is 14.0. The molecule has 4 rings (SSSR count). The first kappa shape index (κ1) is 19.4. The summed E-state index contributed by atoms with van der Waals surface area (Å²) in [5.41, 5.74) is -0.0121. The van der Waals surface area contributed by atoms with E-state index in [9.17, 15) is 9.36 Å². The largest absolute Gasteiger partial charge is 0.453 e. The Balaban J connectivity index is 1.87. The molecular formula is C24H22NO3P. The summed E-state index contributed by atoms with van der Waals surface area (Å²) >= 11 is 0. The average molecular weight is 403 g/mol. The molecule has 1 heterocycles. The monoisotopic (exact) mass is 403 g/mol. The van der Waals surface area contributed by atoms with Crippen LogP contribution in [-0.4, -0.2) is 12.1 Å². The first-order valence-corrected chi connectivity index (χ1v) is 11.2. The maximum absolute atomic E-state index is 14.6. The van der Waals surface area contributed by atoms with Crippen LogP contribution in [0.5, 0.6) is 0 Å². The fourth-order valence-electron chi connectivity index (χ4n) is 3.64. The van der Waals surface area contributed by atoms with Crippen LogP contribution in [0.1, 0.15) is 12.5 Å². The lowest BCUT2D eigenvalue weighted by molar-refractivity contribution is -0.141. The lowest BCUT2D eigenvalue weighted by atomic mass is 9.87. The first-order valence-electron chi connectivity index (χ1n) is 9.47. The predicted molar refractivity (Wildman–Crippen MR) is 116 cm³/mol. The summed E-state index contributed by atoms with van der Waals surface area (Å²) in [6, 6.07) is 28.4. The molecule has 3 aromatic rings. The van der Waals surface area contributed by atoms with E-state index in [1.54, 1.807) is 6.08 Å². The highest BCUT2D eigenvalue weighted by atomic mass is 31.2. The summed E-state index contributed by atoms with van der Waals surface area (Å²) in [5.74, 6) is -0.395. The van der Waals surface area contributed by atoms with Gasteiger partial charge in [-0.2, -0.15) is 0 Å². The number of esters is 1.